The van der Waals surface area contributed by atoms with Gasteiger partial charge >= 0.3 is 10.4 Å². The second-order valence-electron chi connectivity index (χ2n) is 5.63. The second-order valence-corrected chi connectivity index (χ2v) is 6.65. The number of amides is 1. The van der Waals surface area contributed by atoms with Gasteiger partial charge in [-0.3, -0.25) is 9.35 Å². The van der Waals surface area contributed by atoms with Crippen molar-refractivity contribution in [2.75, 3.05) is 0 Å². The van der Waals surface area contributed by atoms with Crippen molar-refractivity contribution >= 4 is 22.2 Å². The van der Waals surface area contributed by atoms with Crippen LogP contribution in [0.5, 0.6) is 0 Å². The van der Waals surface area contributed by atoms with E-state index in [0.717, 1.165) is 24.8 Å². The molecule has 1 amide bonds. The third-order valence-electron chi connectivity index (χ3n) is 3.75. The summed E-state index contributed by atoms with van der Waals surface area (Å²) in [5.74, 6) is -0.929. The summed E-state index contributed by atoms with van der Waals surface area (Å²) in [6.45, 7) is 2.18. The molecule has 0 saturated heterocycles. The van der Waals surface area contributed by atoms with E-state index in [1.165, 1.54) is 25.7 Å². The van der Waals surface area contributed by atoms with Crippen LogP contribution in [0.15, 0.2) is 23.2 Å². The zero-order chi connectivity index (χ0) is 16.9. The molecular formula is C16H21NO5S. The highest BCUT2D eigenvalue weighted by atomic mass is 32.3. The summed E-state index contributed by atoms with van der Waals surface area (Å²) in [6.07, 6.45) is 7.93. The quantitative estimate of drug-likeness (QED) is 0.579. The predicted molar refractivity (Wildman–Crippen MR) is 87.0 cm³/mol. The van der Waals surface area contributed by atoms with Gasteiger partial charge in [0, 0.05) is 0 Å². The monoisotopic (exact) mass is 339 g/mol. The standard InChI is InChI=1S/C16H21NO5S/c1-2-3-4-5-6-7-8-12-9-10-13-14(11-12)16(17-15(13)18)22-23(19,20)21/h9-11H,2-8H2,1H3,(H,19,20,21). The van der Waals surface area contributed by atoms with Crippen molar-refractivity contribution in [3.05, 3.63) is 34.9 Å². The molecule has 7 heteroatoms. The first-order valence-electron chi connectivity index (χ1n) is 7.84. The Morgan fingerprint density at radius 1 is 1.09 bits per heavy atom. The minimum atomic E-state index is -4.70. The molecule has 0 atom stereocenters. The number of nitrogens with zero attached hydrogens (tertiary/aromatic N) is 1. The molecule has 0 spiro atoms. The average Bonchev–Trinajstić information content (AvgIpc) is 2.77. The van der Waals surface area contributed by atoms with Crippen LogP contribution >= 0.6 is 0 Å². The molecule has 0 saturated carbocycles. The fourth-order valence-electron chi connectivity index (χ4n) is 2.60. The highest BCUT2D eigenvalue weighted by molar-refractivity contribution is 7.81. The molecule has 0 aliphatic carbocycles. The molecule has 0 unspecified atom stereocenters. The average molecular weight is 339 g/mol. The van der Waals surface area contributed by atoms with Crippen LogP contribution in [0, 0.1) is 0 Å². The lowest BCUT2D eigenvalue weighted by atomic mass is 10.0. The smallest absolute Gasteiger partial charge is 0.340 e. The van der Waals surface area contributed by atoms with E-state index in [1.54, 1.807) is 12.1 Å². The van der Waals surface area contributed by atoms with Crippen molar-refractivity contribution < 1.29 is 21.9 Å². The second kappa shape index (κ2) is 7.70. The van der Waals surface area contributed by atoms with E-state index in [-0.39, 0.29) is 11.5 Å². The van der Waals surface area contributed by atoms with Gasteiger partial charge in [0.25, 0.3) is 5.91 Å². The van der Waals surface area contributed by atoms with E-state index < -0.39 is 16.3 Å². The maximum atomic E-state index is 11.7. The first-order valence-corrected chi connectivity index (χ1v) is 9.20. The number of carbonyl (C=O) groups excluding carboxylic acids is 1. The topological polar surface area (TPSA) is 93.0 Å². The fraction of sp³-hybridized carbons (Fsp3) is 0.500. The van der Waals surface area contributed by atoms with E-state index in [0.29, 0.717) is 5.56 Å². The number of benzene rings is 1. The number of hydrogen-bond acceptors (Lipinski definition) is 4. The van der Waals surface area contributed by atoms with E-state index in [1.807, 2.05) is 6.07 Å². The van der Waals surface area contributed by atoms with E-state index in [2.05, 4.69) is 16.1 Å². The van der Waals surface area contributed by atoms with Crippen LogP contribution in [-0.4, -0.2) is 24.8 Å². The van der Waals surface area contributed by atoms with Gasteiger partial charge < -0.3 is 4.18 Å². The van der Waals surface area contributed by atoms with Crippen LogP contribution < -0.4 is 0 Å². The van der Waals surface area contributed by atoms with E-state index in [4.69, 9.17) is 4.55 Å². The number of unbranched alkanes of at least 4 members (excludes halogenated alkanes) is 5. The molecule has 0 radical (unpaired) electrons. The summed E-state index contributed by atoms with van der Waals surface area (Å²) < 4.78 is 34.8. The summed E-state index contributed by atoms with van der Waals surface area (Å²) in [4.78, 5) is 15.2. The van der Waals surface area contributed by atoms with Crippen LogP contribution in [0.1, 0.15) is 66.9 Å². The van der Waals surface area contributed by atoms with Gasteiger partial charge in [0.2, 0.25) is 5.90 Å². The summed E-state index contributed by atoms with van der Waals surface area (Å²) in [6, 6.07) is 5.17. The van der Waals surface area contributed by atoms with Crippen LogP contribution in [0.2, 0.25) is 0 Å². The third-order valence-corrected chi connectivity index (χ3v) is 4.12. The minimum Gasteiger partial charge on any atom is -0.340 e. The lowest BCUT2D eigenvalue weighted by Gasteiger charge is -2.06. The lowest BCUT2D eigenvalue weighted by Crippen LogP contribution is -2.12. The Kier molecular flexibility index (Phi) is 5.90. The Labute approximate surface area is 136 Å². The normalized spacial score (nSPS) is 13.8. The van der Waals surface area contributed by atoms with Gasteiger partial charge in [-0.05, 0) is 30.5 Å². The molecule has 6 nitrogen and oxygen atoms in total. The van der Waals surface area contributed by atoms with Crippen LogP contribution in [-0.2, 0) is 21.0 Å². The van der Waals surface area contributed by atoms with Crippen molar-refractivity contribution in [2.45, 2.75) is 51.9 Å². The van der Waals surface area contributed by atoms with Crippen molar-refractivity contribution in [2.24, 2.45) is 4.99 Å². The molecule has 0 aromatic heterocycles. The molecule has 23 heavy (non-hydrogen) atoms. The number of aliphatic imine (C=N–C) groups is 1. The van der Waals surface area contributed by atoms with Crippen molar-refractivity contribution in [1.82, 2.24) is 0 Å². The van der Waals surface area contributed by atoms with Crippen LogP contribution in [0.4, 0.5) is 0 Å². The number of hydrogen-bond donors (Lipinski definition) is 1. The molecular weight excluding hydrogens is 318 g/mol. The summed E-state index contributed by atoms with van der Waals surface area (Å²) in [5, 5.41) is 0. The molecule has 1 aromatic carbocycles. The minimum absolute atomic E-state index is 0.287. The molecule has 1 aliphatic rings. The Hall–Kier alpha value is -1.73. The zero-order valence-electron chi connectivity index (χ0n) is 13.1. The van der Waals surface area contributed by atoms with Gasteiger partial charge in [0.15, 0.2) is 0 Å². The molecule has 1 heterocycles. The van der Waals surface area contributed by atoms with Gasteiger partial charge in [0.1, 0.15) is 0 Å². The predicted octanol–water partition coefficient (Wildman–Crippen LogP) is 3.31. The first-order chi connectivity index (χ1) is 10.9. The Bertz CT molecular complexity index is 709. The SMILES string of the molecule is CCCCCCCCc1ccc2c(c1)C(OS(=O)(=O)O)=NC2=O. The molecule has 0 fully saturated rings. The summed E-state index contributed by atoms with van der Waals surface area (Å²) in [5.41, 5.74) is 1.59. The third kappa shape index (κ3) is 5.14. The first kappa shape index (κ1) is 17.6. The largest absolute Gasteiger partial charge is 0.448 e. The van der Waals surface area contributed by atoms with Crippen molar-refractivity contribution in [1.29, 1.82) is 0 Å². The molecule has 126 valence electrons. The van der Waals surface area contributed by atoms with Crippen molar-refractivity contribution in [3.63, 3.8) is 0 Å². The number of aryl methyl sites for hydroxylation is 1. The van der Waals surface area contributed by atoms with E-state index >= 15 is 0 Å². The highest BCUT2D eigenvalue weighted by Crippen LogP contribution is 2.23. The summed E-state index contributed by atoms with van der Waals surface area (Å²) >= 11 is 0. The highest BCUT2D eigenvalue weighted by Gasteiger charge is 2.27. The number of fused-ring (bicyclic) bond motifs is 1. The molecule has 1 aliphatic heterocycles. The van der Waals surface area contributed by atoms with Gasteiger partial charge in [-0.1, -0.05) is 45.1 Å². The fourth-order valence-corrected chi connectivity index (χ4v) is 2.92. The van der Waals surface area contributed by atoms with Gasteiger partial charge in [-0.15, -0.1) is 0 Å². The maximum absolute atomic E-state index is 11.7. The molecule has 1 aromatic rings. The van der Waals surface area contributed by atoms with Gasteiger partial charge in [-0.25, -0.2) is 0 Å². The zero-order valence-corrected chi connectivity index (χ0v) is 13.9. The van der Waals surface area contributed by atoms with Crippen LogP contribution in [0.3, 0.4) is 0 Å². The van der Waals surface area contributed by atoms with Gasteiger partial charge in [-0.2, -0.15) is 13.4 Å². The molecule has 0 bridgehead atoms. The Balaban J connectivity index is 2.00. The number of rotatable bonds is 8. The summed E-state index contributed by atoms with van der Waals surface area (Å²) in [7, 11) is -4.70. The Morgan fingerprint density at radius 3 is 2.48 bits per heavy atom. The molecule has 2 rings (SSSR count). The number of carbonyl (C=O) groups is 1. The molecule has 1 N–H and O–H groups in total. The lowest BCUT2D eigenvalue weighted by molar-refractivity contribution is 0.101. The van der Waals surface area contributed by atoms with Crippen molar-refractivity contribution in [3.8, 4) is 0 Å². The van der Waals surface area contributed by atoms with E-state index in [9.17, 15) is 13.2 Å². The van der Waals surface area contributed by atoms with Crippen LogP contribution in [0.25, 0.3) is 0 Å². The van der Waals surface area contributed by atoms with Gasteiger partial charge in [0.05, 0.1) is 11.1 Å². The maximum Gasteiger partial charge on any atom is 0.448 e. The Morgan fingerprint density at radius 2 is 1.78 bits per heavy atom.